The molecule has 0 saturated carbocycles. The minimum atomic E-state index is -0.119. The van der Waals surface area contributed by atoms with Crippen molar-refractivity contribution in [2.45, 2.75) is 19.8 Å². The Balaban J connectivity index is 2.79. The van der Waals surface area contributed by atoms with E-state index in [4.69, 9.17) is 18.0 Å². The number of nitrogens with two attached hydrogens (primary N) is 1. The van der Waals surface area contributed by atoms with E-state index in [-0.39, 0.29) is 12.5 Å². The summed E-state index contributed by atoms with van der Waals surface area (Å²) < 4.78 is 3.80. The summed E-state index contributed by atoms with van der Waals surface area (Å²) in [5.74, 6) is -0.119. The second kappa shape index (κ2) is 5.86. The first-order valence-electron chi connectivity index (χ1n) is 4.91. The van der Waals surface area contributed by atoms with Gasteiger partial charge in [-0.2, -0.15) is 0 Å². The molecule has 5 nitrogen and oxygen atoms in total. The van der Waals surface area contributed by atoms with E-state index in [0.29, 0.717) is 9.87 Å². The topological polar surface area (TPSA) is 72.1 Å². The van der Waals surface area contributed by atoms with Gasteiger partial charge >= 0.3 is 0 Å². The lowest BCUT2D eigenvalue weighted by Crippen LogP contribution is -2.34. The van der Waals surface area contributed by atoms with Crippen LogP contribution in [0.25, 0.3) is 0 Å². The third-order valence-electron chi connectivity index (χ3n) is 1.98. The Morgan fingerprint density at radius 2 is 2.31 bits per heavy atom. The molecule has 0 radical (unpaired) electrons. The van der Waals surface area contributed by atoms with E-state index in [1.165, 1.54) is 4.90 Å². The van der Waals surface area contributed by atoms with Crippen LogP contribution in [0.15, 0.2) is 0 Å². The van der Waals surface area contributed by atoms with Gasteiger partial charge in [0.15, 0.2) is 0 Å². The maximum absolute atomic E-state index is 12.0. The van der Waals surface area contributed by atoms with Crippen molar-refractivity contribution in [2.75, 3.05) is 13.6 Å². The molecule has 0 aromatic carbocycles. The Labute approximate surface area is 104 Å². The van der Waals surface area contributed by atoms with Crippen LogP contribution in [0.2, 0.25) is 0 Å². The number of nitrogens with zero attached hydrogens (tertiary/aromatic N) is 3. The van der Waals surface area contributed by atoms with Gasteiger partial charge in [0, 0.05) is 7.05 Å². The van der Waals surface area contributed by atoms with E-state index in [9.17, 15) is 4.79 Å². The molecule has 16 heavy (non-hydrogen) atoms. The Hall–Kier alpha value is -1.08. The maximum Gasteiger partial charge on any atom is 0.267 e. The summed E-state index contributed by atoms with van der Waals surface area (Å²) in [5, 5.41) is 3.95. The van der Waals surface area contributed by atoms with Gasteiger partial charge in [0.05, 0.1) is 17.2 Å². The lowest BCUT2D eigenvalue weighted by atomic mass is 10.2. The Kier molecular flexibility index (Phi) is 4.75. The molecule has 1 aromatic rings. The zero-order valence-corrected chi connectivity index (χ0v) is 10.9. The number of likely N-dealkylation sites (N-methyl/N-ethyl adjacent to an activating group) is 1. The molecular weight excluding hydrogens is 244 g/mol. The van der Waals surface area contributed by atoms with Crippen LogP contribution in [0.1, 0.15) is 28.7 Å². The predicted molar refractivity (Wildman–Crippen MR) is 67.6 cm³/mol. The number of carbonyl (C=O) groups is 1. The molecule has 1 heterocycles. The fourth-order valence-electron chi connectivity index (χ4n) is 1.25. The summed E-state index contributed by atoms with van der Waals surface area (Å²) in [7, 11) is 1.66. The van der Waals surface area contributed by atoms with Crippen molar-refractivity contribution in [3.8, 4) is 0 Å². The average Bonchev–Trinajstić information content (AvgIpc) is 2.64. The largest absolute Gasteiger partial charge is 0.392 e. The Morgan fingerprint density at radius 1 is 1.62 bits per heavy atom. The highest BCUT2D eigenvalue weighted by Crippen LogP contribution is 2.14. The van der Waals surface area contributed by atoms with Gasteiger partial charge in [0.1, 0.15) is 4.88 Å². The van der Waals surface area contributed by atoms with E-state index < -0.39 is 0 Å². The summed E-state index contributed by atoms with van der Waals surface area (Å²) in [4.78, 5) is 14.3. The molecule has 0 spiro atoms. The molecule has 1 rings (SSSR count). The normalized spacial score (nSPS) is 10.1. The van der Waals surface area contributed by atoms with Gasteiger partial charge in [-0.05, 0) is 18.0 Å². The smallest absolute Gasteiger partial charge is 0.267 e. The Morgan fingerprint density at radius 3 is 2.88 bits per heavy atom. The van der Waals surface area contributed by atoms with Crippen LogP contribution in [0.4, 0.5) is 0 Å². The molecule has 7 heteroatoms. The van der Waals surface area contributed by atoms with Gasteiger partial charge in [-0.15, -0.1) is 5.10 Å². The van der Waals surface area contributed by atoms with E-state index in [1.54, 1.807) is 7.05 Å². The van der Waals surface area contributed by atoms with Crippen molar-refractivity contribution in [1.29, 1.82) is 0 Å². The summed E-state index contributed by atoms with van der Waals surface area (Å²) >= 11 is 5.88. The zero-order valence-electron chi connectivity index (χ0n) is 9.27. The average molecular weight is 258 g/mol. The summed E-state index contributed by atoms with van der Waals surface area (Å²) in [6.07, 6.45) is 1.70. The first-order chi connectivity index (χ1) is 7.56. The van der Waals surface area contributed by atoms with Gasteiger partial charge in [-0.25, -0.2) is 0 Å². The van der Waals surface area contributed by atoms with Crippen molar-refractivity contribution in [3.05, 3.63) is 10.6 Å². The van der Waals surface area contributed by atoms with Gasteiger partial charge in [0.2, 0.25) is 0 Å². The molecule has 1 amide bonds. The minimum absolute atomic E-state index is 0.119. The van der Waals surface area contributed by atoms with E-state index in [1.807, 2.05) is 6.92 Å². The molecule has 0 aliphatic carbocycles. The van der Waals surface area contributed by atoms with Crippen molar-refractivity contribution in [2.24, 2.45) is 5.73 Å². The number of aryl methyl sites for hydroxylation is 1. The predicted octanol–water partition coefficient (Wildman–Crippen LogP) is 0.849. The number of aromatic nitrogens is 2. The highest BCUT2D eigenvalue weighted by Gasteiger charge is 2.19. The number of hydrogen-bond donors (Lipinski definition) is 1. The fraction of sp³-hybridized carbons (Fsp3) is 0.556. The first-order valence-corrected chi connectivity index (χ1v) is 6.09. The van der Waals surface area contributed by atoms with Crippen LogP contribution in [-0.4, -0.2) is 39.0 Å². The highest BCUT2D eigenvalue weighted by atomic mass is 32.1. The molecule has 0 atom stereocenters. The third kappa shape index (κ3) is 3.21. The number of amides is 1. The van der Waals surface area contributed by atoms with Crippen LogP contribution in [0, 0.1) is 0 Å². The molecule has 0 bridgehead atoms. The summed E-state index contributed by atoms with van der Waals surface area (Å²) in [5.41, 5.74) is 6.15. The van der Waals surface area contributed by atoms with Crippen molar-refractivity contribution in [1.82, 2.24) is 14.5 Å². The zero-order chi connectivity index (χ0) is 12.1. The van der Waals surface area contributed by atoms with Crippen LogP contribution in [0.5, 0.6) is 0 Å². The third-order valence-corrected chi connectivity index (χ3v) is 2.86. The molecule has 0 aliphatic heterocycles. The van der Waals surface area contributed by atoms with E-state index in [2.05, 4.69) is 9.59 Å². The first kappa shape index (κ1) is 13.0. The lowest BCUT2D eigenvalue weighted by molar-refractivity contribution is 0.0818. The molecular formula is C9H14N4OS2. The van der Waals surface area contributed by atoms with Crippen molar-refractivity contribution >= 4 is 34.6 Å². The summed E-state index contributed by atoms with van der Waals surface area (Å²) in [6.45, 7) is 2.31. The summed E-state index contributed by atoms with van der Waals surface area (Å²) in [6, 6.07) is 0. The van der Waals surface area contributed by atoms with Gasteiger partial charge in [-0.3, -0.25) is 4.79 Å². The van der Waals surface area contributed by atoms with E-state index in [0.717, 1.165) is 30.1 Å². The lowest BCUT2D eigenvalue weighted by Gasteiger charge is -2.15. The van der Waals surface area contributed by atoms with Crippen LogP contribution >= 0.6 is 23.8 Å². The molecule has 0 aliphatic rings. The molecule has 2 N–H and O–H groups in total. The maximum atomic E-state index is 12.0. The van der Waals surface area contributed by atoms with Crippen LogP contribution in [0.3, 0.4) is 0 Å². The standard InChI is InChI=1S/C9H14N4OS2/c1-3-4-6-8(16-12-11-6)9(14)13(2)5-7(10)15/h3-5H2,1-2H3,(H2,10,15). The number of carbonyl (C=O) groups excluding carboxylic acids is 1. The monoisotopic (exact) mass is 258 g/mol. The van der Waals surface area contributed by atoms with Crippen LogP contribution in [-0.2, 0) is 6.42 Å². The molecule has 0 unspecified atom stereocenters. The molecule has 1 aromatic heterocycles. The SMILES string of the molecule is CCCc1nnsc1C(=O)N(C)CC(N)=S. The van der Waals surface area contributed by atoms with Gasteiger partial charge in [0.25, 0.3) is 5.91 Å². The minimum Gasteiger partial charge on any atom is -0.392 e. The Bertz CT molecular complexity index is 391. The van der Waals surface area contributed by atoms with Crippen LogP contribution < -0.4 is 5.73 Å². The second-order valence-corrected chi connectivity index (χ2v) is 4.70. The molecule has 0 fully saturated rings. The van der Waals surface area contributed by atoms with Gasteiger partial charge in [-0.1, -0.05) is 30.1 Å². The molecule has 0 saturated heterocycles. The van der Waals surface area contributed by atoms with E-state index >= 15 is 0 Å². The van der Waals surface area contributed by atoms with Crippen molar-refractivity contribution < 1.29 is 4.79 Å². The fourth-order valence-corrected chi connectivity index (χ4v) is 2.15. The van der Waals surface area contributed by atoms with Crippen molar-refractivity contribution in [3.63, 3.8) is 0 Å². The second-order valence-electron chi connectivity index (χ2n) is 3.43. The highest BCUT2D eigenvalue weighted by molar-refractivity contribution is 7.80. The molecule has 88 valence electrons. The number of thiocarbonyl (C=S) groups is 1. The number of hydrogen-bond acceptors (Lipinski definition) is 5. The quantitative estimate of drug-likeness (QED) is 0.793. The number of rotatable bonds is 5. The van der Waals surface area contributed by atoms with Gasteiger partial charge < -0.3 is 10.6 Å².